The molecular formula is C9H10BrNO6S2. The van der Waals surface area contributed by atoms with E-state index in [-0.39, 0.29) is 26.6 Å². The van der Waals surface area contributed by atoms with Crippen molar-refractivity contribution in [2.45, 2.75) is 17.1 Å². The van der Waals surface area contributed by atoms with Crippen molar-refractivity contribution in [3.05, 3.63) is 14.7 Å². The number of hydrogen-bond donors (Lipinski definition) is 3. The maximum Gasteiger partial charge on any atom is 0.345 e. The Kier molecular flexibility index (Phi) is 4.00. The SMILES string of the molecule is O=C(O)c1cc(S(=O)(=O)N2CC(O)C(O)C2)c(Br)s1. The first kappa shape index (κ1) is 14.9. The van der Waals surface area contributed by atoms with Crippen LogP contribution in [-0.2, 0) is 10.0 Å². The van der Waals surface area contributed by atoms with Crippen LogP contribution in [0.5, 0.6) is 0 Å². The first-order valence-corrected chi connectivity index (χ1v) is 8.17. The van der Waals surface area contributed by atoms with Crippen LogP contribution in [0.2, 0.25) is 0 Å². The van der Waals surface area contributed by atoms with Crippen molar-refractivity contribution in [1.82, 2.24) is 4.31 Å². The van der Waals surface area contributed by atoms with Crippen LogP contribution in [0, 0.1) is 0 Å². The minimum absolute atomic E-state index is 0.106. The second kappa shape index (κ2) is 5.11. The zero-order chi connectivity index (χ0) is 14.4. The summed E-state index contributed by atoms with van der Waals surface area (Å²) in [7, 11) is -3.93. The minimum Gasteiger partial charge on any atom is -0.477 e. The lowest BCUT2D eigenvalue weighted by Crippen LogP contribution is -2.29. The number of sulfonamides is 1. The molecule has 0 aliphatic carbocycles. The Morgan fingerprint density at radius 1 is 1.37 bits per heavy atom. The number of aromatic carboxylic acids is 1. The molecule has 0 bridgehead atoms. The third-order valence-corrected chi connectivity index (χ3v) is 6.78. The number of hydrogen-bond acceptors (Lipinski definition) is 6. The van der Waals surface area contributed by atoms with Gasteiger partial charge < -0.3 is 15.3 Å². The standard InChI is InChI=1S/C9H10BrNO6S2/c10-8-7(1-6(18-8)9(14)15)19(16,17)11-2-4(12)5(13)3-11/h1,4-5,12-13H,2-3H2,(H,14,15). The van der Waals surface area contributed by atoms with Gasteiger partial charge in [-0.3, -0.25) is 0 Å². The molecule has 0 spiro atoms. The third-order valence-electron chi connectivity index (χ3n) is 2.71. The highest BCUT2D eigenvalue weighted by atomic mass is 79.9. The van der Waals surface area contributed by atoms with E-state index in [2.05, 4.69) is 15.9 Å². The van der Waals surface area contributed by atoms with Crippen LogP contribution in [0.3, 0.4) is 0 Å². The van der Waals surface area contributed by atoms with E-state index in [9.17, 15) is 23.4 Å². The fraction of sp³-hybridized carbons (Fsp3) is 0.444. The molecule has 0 aromatic carbocycles. The Balaban J connectivity index is 2.38. The molecule has 2 heterocycles. The number of carbonyl (C=O) groups is 1. The van der Waals surface area contributed by atoms with Gasteiger partial charge in [0.25, 0.3) is 0 Å². The van der Waals surface area contributed by atoms with Crippen LogP contribution in [-0.4, -0.2) is 59.3 Å². The summed E-state index contributed by atoms with van der Waals surface area (Å²) in [5.41, 5.74) is 0. The number of carboxylic acids is 1. The van der Waals surface area contributed by atoms with Crippen LogP contribution in [0.4, 0.5) is 0 Å². The van der Waals surface area contributed by atoms with E-state index in [0.717, 1.165) is 21.7 Å². The molecule has 1 aromatic rings. The molecule has 1 fully saturated rings. The van der Waals surface area contributed by atoms with E-state index >= 15 is 0 Å². The Labute approximate surface area is 121 Å². The number of aliphatic hydroxyl groups is 2. The largest absolute Gasteiger partial charge is 0.477 e. The van der Waals surface area contributed by atoms with Crippen LogP contribution in [0.1, 0.15) is 9.67 Å². The Morgan fingerprint density at radius 3 is 2.32 bits per heavy atom. The van der Waals surface area contributed by atoms with Gasteiger partial charge in [0.1, 0.15) is 9.77 Å². The number of thiophene rings is 1. The van der Waals surface area contributed by atoms with Crippen molar-refractivity contribution in [3.63, 3.8) is 0 Å². The maximum absolute atomic E-state index is 12.3. The lowest BCUT2D eigenvalue weighted by molar-refractivity contribution is 0.0572. The monoisotopic (exact) mass is 371 g/mol. The van der Waals surface area contributed by atoms with Crippen molar-refractivity contribution < 1.29 is 28.5 Å². The highest BCUT2D eigenvalue weighted by Crippen LogP contribution is 2.34. The van der Waals surface area contributed by atoms with E-state index in [4.69, 9.17) is 5.11 Å². The van der Waals surface area contributed by atoms with E-state index in [1.165, 1.54) is 0 Å². The molecule has 19 heavy (non-hydrogen) atoms. The summed E-state index contributed by atoms with van der Waals surface area (Å²) in [6.45, 7) is -0.428. The predicted molar refractivity (Wildman–Crippen MR) is 69.8 cm³/mol. The Hall–Kier alpha value is -0.520. The van der Waals surface area contributed by atoms with Gasteiger partial charge in [0.15, 0.2) is 0 Å². The number of nitrogens with zero attached hydrogens (tertiary/aromatic N) is 1. The Bertz CT molecular complexity index is 602. The number of halogens is 1. The predicted octanol–water partition coefficient (Wildman–Crippen LogP) is -0.0651. The van der Waals surface area contributed by atoms with Crippen LogP contribution >= 0.6 is 27.3 Å². The van der Waals surface area contributed by atoms with E-state index in [0.29, 0.717) is 0 Å². The summed E-state index contributed by atoms with van der Waals surface area (Å²) in [6, 6.07) is 1.06. The van der Waals surface area contributed by atoms with Gasteiger partial charge in [-0.1, -0.05) is 0 Å². The molecule has 1 aliphatic heterocycles. The molecule has 2 atom stereocenters. The zero-order valence-corrected chi connectivity index (χ0v) is 12.6. The number of rotatable bonds is 3. The van der Waals surface area contributed by atoms with Crippen molar-refractivity contribution in [3.8, 4) is 0 Å². The fourth-order valence-corrected chi connectivity index (χ4v) is 5.53. The first-order chi connectivity index (χ1) is 8.73. The molecule has 2 rings (SSSR count). The molecule has 10 heteroatoms. The number of aliphatic hydroxyl groups excluding tert-OH is 2. The molecule has 7 nitrogen and oxygen atoms in total. The molecule has 1 saturated heterocycles. The molecule has 3 N–H and O–H groups in total. The molecular weight excluding hydrogens is 362 g/mol. The quantitative estimate of drug-likeness (QED) is 0.685. The summed E-state index contributed by atoms with van der Waals surface area (Å²) < 4.78 is 25.7. The molecule has 0 amide bonds. The molecule has 1 aliphatic rings. The second-order valence-corrected chi connectivity index (χ2v) is 8.29. The molecule has 2 unspecified atom stereocenters. The van der Waals surface area contributed by atoms with Gasteiger partial charge in [-0.15, -0.1) is 11.3 Å². The van der Waals surface area contributed by atoms with Gasteiger partial charge in [0.05, 0.1) is 16.0 Å². The van der Waals surface area contributed by atoms with E-state index in [1.54, 1.807) is 0 Å². The third kappa shape index (κ3) is 2.69. The average Bonchev–Trinajstić information content (AvgIpc) is 2.84. The molecule has 0 saturated carbocycles. The molecule has 0 radical (unpaired) electrons. The summed E-state index contributed by atoms with van der Waals surface area (Å²) in [4.78, 5) is 10.5. The van der Waals surface area contributed by atoms with Gasteiger partial charge in [-0.05, 0) is 22.0 Å². The summed E-state index contributed by atoms with van der Waals surface area (Å²) in [5.74, 6) is -1.21. The second-order valence-electron chi connectivity index (χ2n) is 4.01. The summed E-state index contributed by atoms with van der Waals surface area (Å²) >= 11 is 3.82. The fourth-order valence-electron chi connectivity index (χ4n) is 1.70. The molecule has 1 aromatic heterocycles. The normalized spacial score (nSPS) is 24.8. The lowest BCUT2D eigenvalue weighted by Gasteiger charge is -2.14. The highest BCUT2D eigenvalue weighted by Gasteiger charge is 2.39. The number of β-amino-alcohol motifs (C(OH)–C–C–N with tert-alkyl or cyclic N) is 2. The van der Waals surface area contributed by atoms with Crippen molar-refractivity contribution in [2.24, 2.45) is 0 Å². The van der Waals surface area contributed by atoms with E-state index < -0.39 is 28.2 Å². The molecule has 106 valence electrons. The summed E-state index contributed by atoms with van der Waals surface area (Å²) in [5, 5.41) is 27.6. The topological polar surface area (TPSA) is 115 Å². The van der Waals surface area contributed by atoms with E-state index in [1.807, 2.05) is 0 Å². The van der Waals surface area contributed by atoms with Gasteiger partial charge in [-0.25, -0.2) is 13.2 Å². The van der Waals surface area contributed by atoms with Crippen molar-refractivity contribution in [1.29, 1.82) is 0 Å². The zero-order valence-electron chi connectivity index (χ0n) is 9.35. The lowest BCUT2D eigenvalue weighted by atomic mass is 10.3. The van der Waals surface area contributed by atoms with Crippen molar-refractivity contribution in [2.75, 3.05) is 13.1 Å². The van der Waals surface area contributed by atoms with Crippen LogP contribution in [0.15, 0.2) is 14.7 Å². The van der Waals surface area contributed by atoms with Gasteiger partial charge >= 0.3 is 5.97 Å². The van der Waals surface area contributed by atoms with Gasteiger partial charge in [0.2, 0.25) is 10.0 Å². The highest BCUT2D eigenvalue weighted by molar-refractivity contribution is 9.11. The van der Waals surface area contributed by atoms with Gasteiger partial charge in [0, 0.05) is 13.1 Å². The maximum atomic E-state index is 12.3. The van der Waals surface area contributed by atoms with Crippen molar-refractivity contribution >= 4 is 43.3 Å². The Morgan fingerprint density at radius 2 is 1.89 bits per heavy atom. The first-order valence-electron chi connectivity index (χ1n) is 5.12. The van der Waals surface area contributed by atoms with Crippen LogP contribution < -0.4 is 0 Å². The number of carboxylic acid groups (broad SMARTS) is 1. The van der Waals surface area contributed by atoms with Crippen LogP contribution in [0.25, 0.3) is 0 Å². The summed E-state index contributed by atoms with van der Waals surface area (Å²) in [6.07, 6.45) is -2.27. The minimum atomic E-state index is -3.93. The average molecular weight is 372 g/mol. The van der Waals surface area contributed by atoms with Gasteiger partial charge in [-0.2, -0.15) is 4.31 Å². The smallest absolute Gasteiger partial charge is 0.345 e.